The number of carbonyl (C=O) groups is 1. The molecule has 0 aliphatic heterocycles. The van der Waals surface area contributed by atoms with Crippen molar-refractivity contribution in [3.05, 3.63) is 23.3 Å². The van der Waals surface area contributed by atoms with Crippen LogP contribution in [0.15, 0.2) is 23.3 Å². The summed E-state index contributed by atoms with van der Waals surface area (Å²) < 4.78 is 0. The molecule has 0 saturated carbocycles. The molecule has 4 heteroatoms. The summed E-state index contributed by atoms with van der Waals surface area (Å²) in [5.41, 5.74) is 0.654. The van der Waals surface area contributed by atoms with Crippen LogP contribution in [0, 0.1) is 11.3 Å². The van der Waals surface area contributed by atoms with Crippen molar-refractivity contribution in [2.45, 2.75) is 19.8 Å². The number of nitrogens with zero attached hydrogens (tertiary/aromatic N) is 1. The van der Waals surface area contributed by atoms with Gasteiger partial charge in [-0.3, -0.25) is 0 Å². The van der Waals surface area contributed by atoms with Gasteiger partial charge in [0.1, 0.15) is 0 Å². The third-order valence-electron chi connectivity index (χ3n) is 1.59. The molecule has 0 atom stereocenters. The number of carboxylic acid groups (broad SMARTS) is 1. The van der Waals surface area contributed by atoms with E-state index in [0.717, 1.165) is 0 Å². The number of rotatable bonds is 5. The number of allylic oxidation sites excluding steroid dienone is 3. The minimum absolute atomic E-state index is 0.0361. The van der Waals surface area contributed by atoms with Gasteiger partial charge in [-0.15, -0.1) is 0 Å². The van der Waals surface area contributed by atoms with E-state index >= 15 is 0 Å². The highest BCUT2D eigenvalue weighted by atomic mass is 16.4. The lowest BCUT2D eigenvalue weighted by molar-refractivity contribution is -0.132. The third kappa shape index (κ3) is 5.12. The zero-order valence-electron chi connectivity index (χ0n) is 8.03. The van der Waals surface area contributed by atoms with Crippen molar-refractivity contribution in [2.24, 2.45) is 0 Å². The van der Waals surface area contributed by atoms with Gasteiger partial charge >= 0.3 is 5.97 Å². The Balaban J connectivity index is 4.50. The minimum atomic E-state index is -1.01. The highest BCUT2D eigenvalue weighted by Gasteiger charge is 2.04. The Morgan fingerprint density at radius 2 is 2.14 bits per heavy atom. The number of hydrogen-bond donors (Lipinski definition) is 2. The molecule has 0 amide bonds. The molecule has 0 fully saturated rings. The van der Waals surface area contributed by atoms with E-state index in [1.165, 1.54) is 12.2 Å². The van der Waals surface area contributed by atoms with Gasteiger partial charge in [0.2, 0.25) is 0 Å². The maximum Gasteiger partial charge on any atom is 0.331 e. The third-order valence-corrected chi connectivity index (χ3v) is 1.59. The summed E-state index contributed by atoms with van der Waals surface area (Å²) in [5, 5.41) is 25.7. The van der Waals surface area contributed by atoms with Crippen molar-refractivity contribution in [2.75, 3.05) is 6.61 Å². The van der Waals surface area contributed by atoms with Crippen LogP contribution in [0.4, 0.5) is 0 Å². The molecule has 0 radical (unpaired) electrons. The molecule has 4 nitrogen and oxygen atoms in total. The average molecular weight is 195 g/mol. The number of aliphatic hydroxyl groups excluding tert-OH is 1. The average Bonchev–Trinajstić information content (AvgIpc) is 2.16. The van der Waals surface area contributed by atoms with Gasteiger partial charge < -0.3 is 10.2 Å². The zero-order valence-corrected chi connectivity index (χ0v) is 8.03. The lowest BCUT2D eigenvalue weighted by Gasteiger charge is -1.98. The number of aliphatic hydroxyl groups is 1. The molecule has 0 aromatic carbocycles. The first-order chi connectivity index (χ1) is 6.61. The molecule has 0 aliphatic rings. The van der Waals surface area contributed by atoms with Gasteiger partial charge in [0.15, 0.2) is 0 Å². The van der Waals surface area contributed by atoms with Crippen molar-refractivity contribution < 1.29 is 15.0 Å². The highest BCUT2D eigenvalue weighted by Crippen LogP contribution is 2.06. The summed E-state index contributed by atoms with van der Waals surface area (Å²) in [6, 6.07) is 1.89. The predicted molar refractivity (Wildman–Crippen MR) is 51.4 cm³/mol. The first kappa shape index (κ1) is 12.4. The second kappa shape index (κ2) is 6.87. The molecule has 0 rings (SSSR count). The number of carboxylic acids is 1. The van der Waals surface area contributed by atoms with Crippen molar-refractivity contribution in [3.8, 4) is 6.07 Å². The van der Waals surface area contributed by atoms with E-state index in [1.807, 2.05) is 6.07 Å². The van der Waals surface area contributed by atoms with Gasteiger partial charge in [0.25, 0.3) is 0 Å². The monoisotopic (exact) mass is 195 g/mol. The smallest absolute Gasteiger partial charge is 0.331 e. The zero-order chi connectivity index (χ0) is 11.0. The molecule has 0 aliphatic carbocycles. The second-order valence-corrected chi connectivity index (χ2v) is 2.79. The molecule has 0 aromatic heterocycles. The largest absolute Gasteiger partial charge is 0.478 e. The first-order valence-electron chi connectivity index (χ1n) is 4.23. The standard InChI is InChI=1S/C10H13NO3/c1-8(7-11)4-5-9(10(13)14)3-2-6-12/h4-5,12H,2-3,6H2,1H3,(H,13,14). The molecule has 2 N–H and O–H groups in total. The van der Waals surface area contributed by atoms with Gasteiger partial charge in [-0.05, 0) is 25.8 Å². The number of aliphatic carboxylic acids is 1. The number of nitriles is 1. The molecule has 0 spiro atoms. The van der Waals surface area contributed by atoms with Crippen molar-refractivity contribution >= 4 is 5.97 Å². The van der Waals surface area contributed by atoms with Crippen LogP contribution < -0.4 is 0 Å². The quantitative estimate of drug-likeness (QED) is 0.393. The van der Waals surface area contributed by atoms with Crippen molar-refractivity contribution in [1.29, 1.82) is 5.26 Å². The molecule has 0 saturated heterocycles. The predicted octanol–water partition coefficient (Wildman–Crippen LogP) is 1.24. The Hall–Kier alpha value is -1.60. The second-order valence-electron chi connectivity index (χ2n) is 2.79. The summed E-state index contributed by atoms with van der Waals surface area (Å²) in [6.45, 7) is 1.56. The van der Waals surface area contributed by atoms with E-state index in [9.17, 15) is 4.79 Å². The van der Waals surface area contributed by atoms with Gasteiger partial charge in [-0.2, -0.15) is 5.26 Å². The summed E-state index contributed by atoms with van der Waals surface area (Å²) in [4.78, 5) is 10.6. The van der Waals surface area contributed by atoms with E-state index in [4.69, 9.17) is 15.5 Å². The molecular weight excluding hydrogens is 182 g/mol. The lowest BCUT2D eigenvalue weighted by Crippen LogP contribution is -2.01. The lowest BCUT2D eigenvalue weighted by atomic mass is 10.1. The molecule has 76 valence electrons. The van der Waals surface area contributed by atoms with Gasteiger partial charge in [0.05, 0.1) is 6.07 Å². The van der Waals surface area contributed by atoms with Gasteiger partial charge in [-0.25, -0.2) is 4.79 Å². The maximum absolute atomic E-state index is 10.6. The fraction of sp³-hybridized carbons (Fsp3) is 0.400. The van der Waals surface area contributed by atoms with Crippen molar-refractivity contribution in [3.63, 3.8) is 0 Å². The van der Waals surface area contributed by atoms with E-state index < -0.39 is 5.97 Å². The fourth-order valence-electron chi connectivity index (χ4n) is 0.794. The molecule has 0 aromatic rings. The Bertz CT molecular complexity index is 297. The maximum atomic E-state index is 10.6. The van der Waals surface area contributed by atoms with E-state index in [0.29, 0.717) is 18.4 Å². The van der Waals surface area contributed by atoms with Crippen molar-refractivity contribution in [1.82, 2.24) is 0 Å². The Morgan fingerprint density at radius 3 is 2.57 bits per heavy atom. The molecule has 0 heterocycles. The van der Waals surface area contributed by atoms with Crippen LogP contribution in [-0.2, 0) is 4.79 Å². The van der Waals surface area contributed by atoms with Crippen LogP contribution in [0.3, 0.4) is 0 Å². The van der Waals surface area contributed by atoms with Crippen LogP contribution >= 0.6 is 0 Å². The summed E-state index contributed by atoms with van der Waals surface area (Å²) in [6.07, 6.45) is 3.58. The van der Waals surface area contributed by atoms with Crippen LogP contribution in [0.25, 0.3) is 0 Å². The molecule has 14 heavy (non-hydrogen) atoms. The number of hydrogen-bond acceptors (Lipinski definition) is 3. The van der Waals surface area contributed by atoms with E-state index in [-0.39, 0.29) is 12.2 Å². The normalized spacial score (nSPS) is 12.4. The van der Waals surface area contributed by atoms with Crippen LogP contribution in [0.2, 0.25) is 0 Å². The fourth-order valence-corrected chi connectivity index (χ4v) is 0.794. The Labute approximate surface area is 82.8 Å². The molecule has 0 unspecified atom stereocenters. The molecular formula is C10H13NO3. The Kier molecular flexibility index (Phi) is 6.08. The van der Waals surface area contributed by atoms with E-state index in [2.05, 4.69) is 0 Å². The topological polar surface area (TPSA) is 81.3 Å². The van der Waals surface area contributed by atoms with Gasteiger partial charge in [-0.1, -0.05) is 6.08 Å². The minimum Gasteiger partial charge on any atom is -0.478 e. The first-order valence-corrected chi connectivity index (χ1v) is 4.23. The van der Waals surface area contributed by atoms with E-state index in [1.54, 1.807) is 6.92 Å². The summed E-state index contributed by atoms with van der Waals surface area (Å²) in [5.74, 6) is -1.01. The highest BCUT2D eigenvalue weighted by molar-refractivity contribution is 5.86. The summed E-state index contributed by atoms with van der Waals surface area (Å²) in [7, 11) is 0. The van der Waals surface area contributed by atoms with Crippen LogP contribution in [0.5, 0.6) is 0 Å². The molecule has 0 bridgehead atoms. The van der Waals surface area contributed by atoms with Gasteiger partial charge in [0, 0.05) is 17.8 Å². The van der Waals surface area contributed by atoms with Crippen LogP contribution in [-0.4, -0.2) is 22.8 Å². The van der Waals surface area contributed by atoms with Crippen LogP contribution in [0.1, 0.15) is 19.8 Å². The summed E-state index contributed by atoms with van der Waals surface area (Å²) >= 11 is 0. The Morgan fingerprint density at radius 1 is 1.50 bits per heavy atom. The SMILES string of the molecule is CC(C#N)=CC=C(CCCO)C(=O)O.